The lowest BCUT2D eigenvalue weighted by molar-refractivity contribution is 0.0599. The van der Waals surface area contributed by atoms with Crippen LogP contribution in [0.3, 0.4) is 0 Å². The highest BCUT2D eigenvalue weighted by atomic mass is 16.5. The van der Waals surface area contributed by atoms with Crippen molar-refractivity contribution in [2.45, 2.75) is 12.5 Å². The minimum absolute atomic E-state index is 0.0895. The highest BCUT2D eigenvalue weighted by Crippen LogP contribution is 2.19. The highest BCUT2D eigenvalue weighted by molar-refractivity contribution is 5.89. The van der Waals surface area contributed by atoms with Crippen molar-refractivity contribution < 1.29 is 14.6 Å². The summed E-state index contributed by atoms with van der Waals surface area (Å²) in [4.78, 5) is 12.0. The summed E-state index contributed by atoms with van der Waals surface area (Å²) in [5.41, 5.74) is 0.200. The van der Waals surface area contributed by atoms with E-state index in [4.69, 9.17) is 11.2 Å². The van der Waals surface area contributed by atoms with Crippen molar-refractivity contribution in [2.75, 3.05) is 18.5 Å². The summed E-state index contributed by atoms with van der Waals surface area (Å²) in [5, 5.41) is 15.8. The molecule has 2 amide bonds. The molecule has 5 heteroatoms. The normalized spacial score (nSPS) is 12.5. The first-order valence-corrected chi connectivity index (χ1v) is 7.50. The molecule has 2 aromatic rings. The first-order chi connectivity index (χ1) is 11.5. The molecule has 124 valence electrons. The van der Waals surface area contributed by atoms with E-state index in [0.29, 0.717) is 11.4 Å². The number of carbonyl (C=O) groups excluding carboxylic acids is 1. The van der Waals surface area contributed by atoms with Gasteiger partial charge in [-0.15, -0.1) is 6.42 Å². The van der Waals surface area contributed by atoms with Gasteiger partial charge >= 0.3 is 6.03 Å². The Hall–Kier alpha value is -2.97. The molecule has 24 heavy (non-hydrogen) atoms. The molecular weight excluding hydrogens is 304 g/mol. The maximum absolute atomic E-state index is 12.0. The number of rotatable bonds is 6. The Balaban J connectivity index is 1.86. The van der Waals surface area contributed by atoms with Gasteiger partial charge < -0.3 is 20.5 Å². The molecule has 2 rings (SSSR count). The highest BCUT2D eigenvalue weighted by Gasteiger charge is 2.23. The van der Waals surface area contributed by atoms with Gasteiger partial charge in [0, 0.05) is 5.69 Å². The topological polar surface area (TPSA) is 70.6 Å². The lowest BCUT2D eigenvalue weighted by Crippen LogP contribution is -2.40. The van der Waals surface area contributed by atoms with Crippen LogP contribution < -0.4 is 15.4 Å². The van der Waals surface area contributed by atoms with Crippen molar-refractivity contribution in [2.24, 2.45) is 0 Å². The van der Waals surface area contributed by atoms with Crippen molar-refractivity contribution in [3.8, 4) is 18.1 Å². The average Bonchev–Trinajstić information content (AvgIpc) is 2.60. The molecule has 0 saturated carbocycles. The maximum Gasteiger partial charge on any atom is 0.319 e. The quantitative estimate of drug-likeness (QED) is 0.716. The molecule has 0 aromatic heterocycles. The van der Waals surface area contributed by atoms with Gasteiger partial charge in [-0.1, -0.05) is 36.3 Å². The number of ether oxygens (including phenoxy) is 1. The molecule has 0 bridgehead atoms. The summed E-state index contributed by atoms with van der Waals surface area (Å²) in [7, 11) is 0. The molecule has 0 aliphatic heterocycles. The third-order valence-corrected chi connectivity index (χ3v) is 3.42. The van der Waals surface area contributed by atoms with Crippen LogP contribution in [0, 0.1) is 12.3 Å². The van der Waals surface area contributed by atoms with Gasteiger partial charge in [0.25, 0.3) is 0 Å². The lowest BCUT2D eigenvalue weighted by atomic mass is 9.96. The summed E-state index contributed by atoms with van der Waals surface area (Å²) in [6, 6.07) is 15.6. The van der Waals surface area contributed by atoms with Crippen LogP contribution in [0.25, 0.3) is 0 Å². The van der Waals surface area contributed by atoms with Crippen LogP contribution in [0.1, 0.15) is 12.5 Å². The van der Waals surface area contributed by atoms with E-state index < -0.39 is 11.6 Å². The summed E-state index contributed by atoms with van der Waals surface area (Å²) < 4.78 is 5.26. The zero-order valence-corrected chi connectivity index (χ0v) is 13.5. The van der Waals surface area contributed by atoms with Crippen molar-refractivity contribution in [3.63, 3.8) is 0 Å². The smallest absolute Gasteiger partial charge is 0.319 e. The number of benzene rings is 2. The summed E-state index contributed by atoms with van der Waals surface area (Å²) in [6.07, 6.45) is 5.12. The van der Waals surface area contributed by atoms with Crippen LogP contribution >= 0.6 is 0 Å². The second-order valence-electron chi connectivity index (χ2n) is 5.46. The van der Waals surface area contributed by atoms with E-state index in [-0.39, 0.29) is 13.2 Å². The largest absolute Gasteiger partial charge is 0.481 e. The van der Waals surface area contributed by atoms with Gasteiger partial charge in [-0.3, -0.25) is 0 Å². The zero-order chi connectivity index (χ0) is 17.4. The first-order valence-electron chi connectivity index (χ1n) is 7.50. The van der Waals surface area contributed by atoms with Gasteiger partial charge in [-0.05, 0) is 36.8 Å². The van der Waals surface area contributed by atoms with E-state index >= 15 is 0 Å². The van der Waals surface area contributed by atoms with Gasteiger partial charge in [0.15, 0.2) is 0 Å². The van der Waals surface area contributed by atoms with E-state index in [9.17, 15) is 9.90 Å². The number of aliphatic hydroxyl groups is 1. The predicted octanol–water partition coefficient (Wildman–Crippen LogP) is 2.73. The van der Waals surface area contributed by atoms with Crippen molar-refractivity contribution in [3.05, 3.63) is 60.2 Å². The predicted molar refractivity (Wildman–Crippen MR) is 93.8 cm³/mol. The standard InChI is InChI=1S/C19H20N2O3/c1-3-13-24-17-11-9-16(10-12-17)21-18(22)20-14-19(2,23)15-7-5-4-6-8-15/h1,4-12,23H,13-14H2,2H3,(H2,20,21,22). The number of hydrogen-bond donors (Lipinski definition) is 3. The third-order valence-electron chi connectivity index (χ3n) is 3.42. The van der Waals surface area contributed by atoms with Gasteiger partial charge in [-0.2, -0.15) is 0 Å². The van der Waals surface area contributed by atoms with Crippen LogP contribution in [0.4, 0.5) is 10.5 Å². The molecule has 0 heterocycles. The summed E-state index contributed by atoms with van der Waals surface area (Å²) in [5.74, 6) is 3.01. The van der Waals surface area contributed by atoms with Crippen LogP contribution in [0.2, 0.25) is 0 Å². The molecule has 5 nitrogen and oxygen atoms in total. The SMILES string of the molecule is C#CCOc1ccc(NC(=O)NCC(C)(O)c2ccccc2)cc1. The van der Waals surface area contributed by atoms with Gasteiger partial charge in [0.05, 0.1) is 6.54 Å². The first kappa shape index (κ1) is 17.4. The Labute approximate surface area is 141 Å². The van der Waals surface area contributed by atoms with Gasteiger partial charge in [0.1, 0.15) is 18.0 Å². The van der Waals surface area contributed by atoms with Crippen LogP contribution in [-0.2, 0) is 5.60 Å². The number of anilines is 1. The molecule has 0 radical (unpaired) electrons. The zero-order valence-electron chi connectivity index (χ0n) is 13.5. The Kier molecular flexibility index (Phi) is 5.83. The van der Waals surface area contributed by atoms with E-state index in [2.05, 4.69) is 16.6 Å². The number of nitrogens with one attached hydrogen (secondary N) is 2. The summed E-state index contributed by atoms with van der Waals surface area (Å²) >= 11 is 0. The van der Waals surface area contributed by atoms with Gasteiger partial charge in [0.2, 0.25) is 0 Å². The average molecular weight is 324 g/mol. The molecule has 1 atom stereocenters. The van der Waals surface area contributed by atoms with Crippen LogP contribution in [0.5, 0.6) is 5.75 Å². The fourth-order valence-electron chi connectivity index (χ4n) is 2.09. The maximum atomic E-state index is 12.0. The van der Waals surface area contributed by atoms with Crippen molar-refractivity contribution in [1.29, 1.82) is 0 Å². The molecule has 3 N–H and O–H groups in total. The van der Waals surface area contributed by atoms with E-state index in [1.807, 2.05) is 30.3 Å². The Morgan fingerprint density at radius 3 is 2.50 bits per heavy atom. The number of amides is 2. The monoisotopic (exact) mass is 324 g/mol. The number of hydrogen-bond acceptors (Lipinski definition) is 3. The number of terminal acetylenes is 1. The molecular formula is C19H20N2O3. The number of carbonyl (C=O) groups is 1. The van der Waals surface area contributed by atoms with E-state index in [1.54, 1.807) is 31.2 Å². The molecule has 0 aliphatic rings. The molecule has 1 unspecified atom stereocenters. The third kappa shape index (κ3) is 5.04. The molecule has 0 aliphatic carbocycles. The summed E-state index contributed by atoms with van der Waals surface area (Å²) in [6.45, 7) is 1.94. The fraction of sp³-hybridized carbons (Fsp3) is 0.211. The molecule has 0 saturated heterocycles. The van der Waals surface area contributed by atoms with E-state index in [1.165, 1.54) is 0 Å². The number of urea groups is 1. The second kappa shape index (κ2) is 8.04. The minimum atomic E-state index is -1.15. The van der Waals surface area contributed by atoms with Crippen molar-refractivity contribution in [1.82, 2.24) is 5.32 Å². The second-order valence-corrected chi connectivity index (χ2v) is 5.46. The molecule has 2 aromatic carbocycles. The van der Waals surface area contributed by atoms with Crippen LogP contribution in [0.15, 0.2) is 54.6 Å². The van der Waals surface area contributed by atoms with Crippen LogP contribution in [-0.4, -0.2) is 24.3 Å². The minimum Gasteiger partial charge on any atom is -0.481 e. The van der Waals surface area contributed by atoms with E-state index in [0.717, 1.165) is 5.56 Å². The lowest BCUT2D eigenvalue weighted by Gasteiger charge is -2.24. The Morgan fingerprint density at radius 1 is 1.21 bits per heavy atom. The van der Waals surface area contributed by atoms with Gasteiger partial charge in [-0.25, -0.2) is 4.79 Å². The Morgan fingerprint density at radius 2 is 1.88 bits per heavy atom. The molecule has 0 fully saturated rings. The molecule has 0 spiro atoms. The van der Waals surface area contributed by atoms with Crippen molar-refractivity contribution >= 4 is 11.7 Å². The Bertz CT molecular complexity index is 704. The fourth-order valence-corrected chi connectivity index (χ4v) is 2.09.